The van der Waals surface area contributed by atoms with Crippen molar-refractivity contribution in [3.63, 3.8) is 0 Å². The summed E-state index contributed by atoms with van der Waals surface area (Å²) in [6.45, 7) is 0.197. The topological polar surface area (TPSA) is 153 Å². The Balaban J connectivity index is 1.36. The van der Waals surface area contributed by atoms with Gasteiger partial charge in [-0.15, -0.1) is 0 Å². The van der Waals surface area contributed by atoms with E-state index in [2.05, 4.69) is 20.4 Å². The van der Waals surface area contributed by atoms with Crippen molar-refractivity contribution in [2.45, 2.75) is 56.1 Å². The van der Waals surface area contributed by atoms with Crippen LogP contribution in [0.15, 0.2) is 24.8 Å². The Morgan fingerprint density at radius 3 is 2.71 bits per heavy atom. The minimum absolute atomic E-state index is 0.0770. The summed E-state index contributed by atoms with van der Waals surface area (Å²) in [5.41, 5.74) is 7.66. The van der Waals surface area contributed by atoms with Gasteiger partial charge in [0.15, 0.2) is 12.3 Å². The number of hydrogen-bond donors (Lipinski definition) is 4. The number of aliphatic hydroxyl groups is 2. The normalized spacial score (nSPS) is 26.9. The maximum absolute atomic E-state index is 13.4. The smallest absolute Gasteiger partial charge is 0.252 e. The van der Waals surface area contributed by atoms with Gasteiger partial charge in [-0.2, -0.15) is 5.10 Å². The van der Waals surface area contributed by atoms with E-state index in [-0.39, 0.29) is 31.1 Å². The third-order valence-electron chi connectivity index (χ3n) is 6.80. The Hall–Kier alpha value is -3.16. The molecule has 0 aromatic carbocycles. The summed E-state index contributed by atoms with van der Waals surface area (Å²) in [4.78, 5) is 21.1. The van der Waals surface area contributed by atoms with Gasteiger partial charge in [-0.3, -0.25) is 9.48 Å². The Bertz CT molecular complexity index is 1240. The Kier molecular flexibility index (Phi) is 5.93. The van der Waals surface area contributed by atoms with Crippen molar-refractivity contribution in [2.24, 2.45) is 13.0 Å². The number of fused-ring (bicyclic) bond motifs is 1. The molecule has 1 aliphatic carbocycles. The second-order valence-electron chi connectivity index (χ2n) is 9.26. The quantitative estimate of drug-likeness (QED) is 0.412. The van der Waals surface area contributed by atoms with E-state index >= 15 is 0 Å². The molecule has 11 nitrogen and oxygen atoms in total. The summed E-state index contributed by atoms with van der Waals surface area (Å²) >= 11 is 0. The van der Waals surface area contributed by atoms with E-state index in [0.29, 0.717) is 35.1 Å². The van der Waals surface area contributed by atoms with Crippen molar-refractivity contribution >= 4 is 22.8 Å². The summed E-state index contributed by atoms with van der Waals surface area (Å²) < 4.78 is 35.7. The molecule has 5 rings (SSSR count). The number of halogens is 2. The van der Waals surface area contributed by atoms with Gasteiger partial charge in [-0.1, -0.05) is 0 Å². The van der Waals surface area contributed by atoms with Crippen LogP contribution in [0.5, 0.6) is 0 Å². The van der Waals surface area contributed by atoms with Crippen molar-refractivity contribution in [1.82, 2.24) is 29.6 Å². The van der Waals surface area contributed by atoms with Crippen molar-refractivity contribution in [1.29, 1.82) is 0 Å². The summed E-state index contributed by atoms with van der Waals surface area (Å²) in [6, 6.07) is 1.78. The molecule has 0 spiro atoms. The third-order valence-corrected chi connectivity index (χ3v) is 6.80. The Labute approximate surface area is 198 Å². The molecule has 0 bridgehead atoms. The maximum Gasteiger partial charge on any atom is 0.252 e. The molecule has 3 aromatic heterocycles. The molecular formula is C22H27F2N7O4. The van der Waals surface area contributed by atoms with Crippen LogP contribution in [0.4, 0.5) is 14.6 Å². The number of anilines is 1. The van der Waals surface area contributed by atoms with E-state index in [1.54, 1.807) is 30.2 Å². The lowest BCUT2D eigenvalue weighted by Crippen LogP contribution is -2.44. The van der Waals surface area contributed by atoms with E-state index in [1.165, 1.54) is 10.9 Å². The second kappa shape index (κ2) is 8.81. The second-order valence-corrected chi connectivity index (χ2v) is 9.26. The highest BCUT2D eigenvalue weighted by atomic mass is 19.3. The molecule has 0 radical (unpaired) electrons. The zero-order valence-corrected chi connectivity index (χ0v) is 19.0. The van der Waals surface area contributed by atoms with Crippen molar-refractivity contribution in [3.8, 4) is 11.3 Å². The van der Waals surface area contributed by atoms with E-state index < -0.39 is 36.4 Å². The number of hydrogen-bond acceptors (Lipinski definition) is 8. The van der Waals surface area contributed by atoms with Crippen LogP contribution in [0, 0.1) is 5.92 Å². The molecule has 2 aliphatic rings. The number of nitrogens with two attached hydrogens (primary N) is 1. The lowest BCUT2D eigenvalue weighted by Gasteiger charge is -2.28. The summed E-state index contributed by atoms with van der Waals surface area (Å²) in [5.74, 6) is -3.14. The van der Waals surface area contributed by atoms with Gasteiger partial charge >= 0.3 is 0 Å². The average Bonchev–Trinajstić information content (AvgIpc) is 3.50. The van der Waals surface area contributed by atoms with E-state index in [0.717, 1.165) is 0 Å². The third kappa shape index (κ3) is 4.34. The van der Waals surface area contributed by atoms with Gasteiger partial charge in [0.1, 0.15) is 30.0 Å². The number of aromatic nitrogens is 5. The van der Waals surface area contributed by atoms with Crippen molar-refractivity contribution in [2.75, 3.05) is 12.3 Å². The van der Waals surface area contributed by atoms with Crippen molar-refractivity contribution in [3.05, 3.63) is 24.8 Å². The molecule has 5 N–H and O–H groups in total. The van der Waals surface area contributed by atoms with Crippen LogP contribution in [-0.4, -0.2) is 71.2 Å². The number of nitrogens with one attached hydrogen (secondary N) is 1. The van der Waals surface area contributed by atoms with Crippen molar-refractivity contribution < 1.29 is 28.5 Å². The number of rotatable bonds is 5. The zero-order chi connectivity index (χ0) is 24.9. The summed E-state index contributed by atoms with van der Waals surface area (Å²) in [6.07, 6.45) is -0.572. The van der Waals surface area contributed by atoms with E-state index in [9.17, 15) is 23.8 Å². The summed E-state index contributed by atoms with van der Waals surface area (Å²) in [5, 5.41) is 28.9. The number of alkyl halides is 2. The summed E-state index contributed by atoms with van der Waals surface area (Å²) in [7, 11) is 1.77. The molecule has 4 atom stereocenters. The first-order chi connectivity index (χ1) is 16.6. The molecule has 3 aromatic rings. The predicted molar refractivity (Wildman–Crippen MR) is 120 cm³/mol. The molecule has 188 valence electrons. The molecule has 1 amide bonds. The zero-order valence-electron chi connectivity index (χ0n) is 19.0. The van der Waals surface area contributed by atoms with Crippen LogP contribution < -0.4 is 11.1 Å². The van der Waals surface area contributed by atoms with Crippen LogP contribution in [0.3, 0.4) is 0 Å². The van der Waals surface area contributed by atoms with Crippen LogP contribution >= 0.6 is 0 Å². The molecule has 0 unspecified atom stereocenters. The monoisotopic (exact) mass is 491 g/mol. The number of carbonyl (C=O) groups excluding carboxylic acids is 1. The first-order valence-electron chi connectivity index (χ1n) is 11.4. The maximum atomic E-state index is 13.4. The number of nitrogens with zero attached hydrogens (tertiary/aromatic N) is 5. The van der Waals surface area contributed by atoms with Gasteiger partial charge in [0.25, 0.3) is 5.91 Å². The fourth-order valence-corrected chi connectivity index (χ4v) is 4.81. The minimum atomic E-state index is -2.65. The lowest BCUT2D eigenvalue weighted by molar-refractivity contribution is -0.138. The van der Waals surface area contributed by atoms with Gasteiger partial charge < -0.3 is 30.6 Å². The number of amides is 1. The predicted octanol–water partition coefficient (Wildman–Crippen LogP) is 0.975. The van der Waals surface area contributed by atoms with E-state index in [1.807, 2.05) is 0 Å². The largest absolute Gasteiger partial charge is 0.387 e. The highest BCUT2D eigenvalue weighted by Gasteiger charge is 2.48. The highest BCUT2D eigenvalue weighted by Crippen LogP contribution is 2.38. The van der Waals surface area contributed by atoms with Crippen LogP contribution in [-0.2, 0) is 16.6 Å². The van der Waals surface area contributed by atoms with Crippen LogP contribution in [0.1, 0.15) is 31.9 Å². The number of ether oxygens (including phenoxy) is 1. The molecule has 1 aliphatic heterocycles. The van der Waals surface area contributed by atoms with Gasteiger partial charge in [0, 0.05) is 44.4 Å². The standard InChI is InChI=1S/C22H27F2N7O4/c1-30-7-4-13(29-30)12-9-31(19-14(12)18(25)27-10-28-19)21-16(33)15(32)17(35-21)20(34)26-8-11-2-5-22(23,24)6-3-11/h4,7,9-11,15-17,21,32-33H,2-3,5-6,8H2,1H3,(H,26,34)(H2,25,27,28)/t15-,16+,17-,21+/m0/s1. The fourth-order valence-electron chi connectivity index (χ4n) is 4.81. The molecule has 1 saturated carbocycles. The van der Waals surface area contributed by atoms with Gasteiger partial charge in [0.2, 0.25) is 5.92 Å². The average molecular weight is 491 g/mol. The molecule has 1 saturated heterocycles. The first kappa shape index (κ1) is 23.6. The van der Waals surface area contributed by atoms with Crippen LogP contribution in [0.25, 0.3) is 22.3 Å². The number of aliphatic hydroxyl groups excluding tert-OH is 2. The number of aryl methyl sites for hydroxylation is 1. The SMILES string of the molecule is Cn1ccc(-c2cn([C@@H]3O[C@H](C(=O)NCC4CCC(F)(F)CC4)[C@@H](O)[C@H]3O)c3ncnc(N)c23)n1. The minimum Gasteiger partial charge on any atom is -0.387 e. The van der Waals surface area contributed by atoms with Gasteiger partial charge in [0.05, 0.1) is 11.1 Å². The molecular weight excluding hydrogens is 464 g/mol. The Morgan fingerprint density at radius 1 is 1.29 bits per heavy atom. The van der Waals surface area contributed by atoms with E-state index in [4.69, 9.17) is 10.5 Å². The van der Waals surface area contributed by atoms with Crippen LogP contribution in [0.2, 0.25) is 0 Å². The first-order valence-corrected chi connectivity index (χ1v) is 11.4. The highest BCUT2D eigenvalue weighted by molar-refractivity contribution is 5.99. The van der Waals surface area contributed by atoms with Gasteiger partial charge in [-0.25, -0.2) is 18.7 Å². The fraction of sp³-hybridized carbons (Fsp3) is 0.545. The Morgan fingerprint density at radius 2 is 2.03 bits per heavy atom. The molecule has 2 fully saturated rings. The van der Waals surface area contributed by atoms with Gasteiger partial charge in [-0.05, 0) is 24.8 Å². The number of nitrogen functional groups attached to an aromatic ring is 1. The lowest BCUT2D eigenvalue weighted by atomic mass is 9.87. The number of carbonyl (C=O) groups is 1. The molecule has 13 heteroatoms. The molecule has 4 heterocycles. The molecule has 35 heavy (non-hydrogen) atoms.